The van der Waals surface area contributed by atoms with Crippen molar-refractivity contribution < 1.29 is 0 Å². The minimum absolute atomic E-state index is 0.566. The molecule has 0 saturated heterocycles. The molecule has 0 amide bonds. The van der Waals surface area contributed by atoms with Gasteiger partial charge in [-0.15, -0.1) is 0 Å². The fraction of sp³-hybridized carbons (Fsp3) is 0.400. The van der Waals surface area contributed by atoms with E-state index in [0.717, 1.165) is 71.7 Å². The number of hydrogen-bond acceptors (Lipinski definition) is 2. The number of unbranched alkanes of at least 4 members (excludes halogenated alkanes) is 2. The van der Waals surface area contributed by atoms with E-state index >= 15 is 0 Å². The van der Waals surface area contributed by atoms with Crippen LogP contribution in [0.15, 0.2) is 24.3 Å². The fourth-order valence-corrected chi connectivity index (χ4v) is 3.45. The van der Waals surface area contributed by atoms with Gasteiger partial charge in [-0.25, -0.2) is 0 Å². The number of fused-ring (bicyclic) bond motifs is 3. The fourth-order valence-electron chi connectivity index (χ4n) is 2.95. The van der Waals surface area contributed by atoms with Crippen molar-refractivity contribution in [3.8, 4) is 0 Å². The Hall–Kier alpha value is -1.38. The average Bonchev–Trinajstić information content (AvgIpc) is 2.62. The average molecular weight is 361 g/mol. The summed E-state index contributed by atoms with van der Waals surface area (Å²) in [5.74, 6) is 0. The lowest BCUT2D eigenvalue weighted by atomic mass is 10.1. The minimum Gasteiger partial charge on any atom is -0.250 e. The lowest BCUT2D eigenvalue weighted by Gasteiger charge is -2.11. The molecule has 0 aliphatic rings. The Balaban J connectivity index is 2.22. The highest BCUT2D eigenvalue weighted by Gasteiger charge is 2.15. The summed E-state index contributed by atoms with van der Waals surface area (Å²) in [7, 11) is 0. The van der Waals surface area contributed by atoms with Gasteiger partial charge in [0.15, 0.2) is 0 Å². The van der Waals surface area contributed by atoms with Crippen LogP contribution in [-0.4, -0.2) is 9.97 Å². The second kappa shape index (κ2) is 7.67. The molecule has 2 nitrogen and oxygen atoms in total. The van der Waals surface area contributed by atoms with Gasteiger partial charge in [-0.2, -0.15) is 0 Å². The summed E-state index contributed by atoms with van der Waals surface area (Å²) in [5, 5.41) is 2.90. The maximum Gasteiger partial charge on any atom is 0.0984 e. The van der Waals surface area contributed by atoms with Gasteiger partial charge in [-0.1, -0.05) is 49.9 Å². The van der Waals surface area contributed by atoms with Crippen molar-refractivity contribution >= 4 is 45.0 Å². The van der Waals surface area contributed by atoms with Gasteiger partial charge < -0.3 is 0 Å². The van der Waals surface area contributed by atoms with Crippen molar-refractivity contribution in [2.45, 2.75) is 52.4 Å². The summed E-state index contributed by atoms with van der Waals surface area (Å²) < 4.78 is 0. The molecule has 2 aromatic heterocycles. The Morgan fingerprint density at radius 3 is 1.50 bits per heavy atom. The van der Waals surface area contributed by atoms with E-state index in [4.69, 9.17) is 33.2 Å². The Kier molecular flexibility index (Phi) is 5.57. The minimum atomic E-state index is 0.566. The molecule has 0 aliphatic carbocycles. The zero-order valence-corrected chi connectivity index (χ0v) is 15.7. The van der Waals surface area contributed by atoms with E-state index in [1.165, 1.54) is 0 Å². The van der Waals surface area contributed by atoms with Gasteiger partial charge in [-0.05, 0) is 49.9 Å². The predicted octanol–water partition coefficient (Wildman–Crippen LogP) is 6.78. The molecule has 0 N–H and O–H groups in total. The number of aromatic nitrogens is 2. The summed E-state index contributed by atoms with van der Waals surface area (Å²) in [6.45, 7) is 4.38. The SMILES string of the molecule is CCCCc1ccc2c(Cl)c(Cl)c3ccc(CCCC)nc3c2n1. The van der Waals surface area contributed by atoms with Crippen molar-refractivity contribution in [1.29, 1.82) is 0 Å². The molecule has 2 heterocycles. The quantitative estimate of drug-likeness (QED) is 0.453. The van der Waals surface area contributed by atoms with Crippen molar-refractivity contribution in [2.75, 3.05) is 0 Å². The van der Waals surface area contributed by atoms with Gasteiger partial charge in [0.05, 0.1) is 21.1 Å². The van der Waals surface area contributed by atoms with Gasteiger partial charge in [-0.3, -0.25) is 9.97 Å². The summed E-state index contributed by atoms with van der Waals surface area (Å²) in [4.78, 5) is 9.72. The van der Waals surface area contributed by atoms with Crippen LogP contribution in [0.1, 0.15) is 50.9 Å². The van der Waals surface area contributed by atoms with E-state index in [-0.39, 0.29) is 0 Å². The largest absolute Gasteiger partial charge is 0.250 e. The molecule has 4 heteroatoms. The van der Waals surface area contributed by atoms with Gasteiger partial charge in [0.2, 0.25) is 0 Å². The van der Waals surface area contributed by atoms with Crippen LogP contribution >= 0.6 is 23.2 Å². The molecule has 0 saturated carbocycles. The van der Waals surface area contributed by atoms with Crippen molar-refractivity contribution in [2.24, 2.45) is 0 Å². The second-order valence-corrected chi connectivity index (χ2v) is 6.99. The van der Waals surface area contributed by atoms with Crippen LogP contribution in [0.25, 0.3) is 21.8 Å². The van der Waals surface area contributed by atoms with Gasteiger partial charge in [0, 0.05) is 22.2 Å². The van der Waals surface area contributed by atoms with E-state index in [0.29, 0.717) is 10.0 Å². The summed E-state index contributed by atoms with van der Waals surface area (Å²) >= 11 is 13.0. The third-order valence-corrected chi connectivity index (χ3v) is 5.25. The van der Waals surface area contributed by atoms with Crippen LogP contribution in [0.2, 0.25) is 10.0 Å². The van der Waals surface area contributed by atoms with Crippen LogP contribution in [-0.2, 0) is 12.8 Å². The van der Waals surface area contributed by atoms with E-state index in [1.807, 2.05) is 24.3 Å². The Morgan fingerprint density at radius 2 is 1.12 bits per heavy atom. The first kappa shape index (κ1) is 17.4. The summed E-state index contributed by atoms with van der Waals surface area (Å²) in [5.41, 5.74) is 3.91. The maximum atomic E-state index is 6.49. The maximum absolute atomic E-state index is 6.49. The molecule has 126 valence electrons. The highest BCUT2D eigenvalue weighted by Crippen LogP contribution is 2.38. The molecule has 3 aromatic rings. The molecule has 0 unspecified atom stereocenters. The van der Waals surface area contributed by atoms with E-state index in [2.05, 4.69) is 13.8 Å². The van der Waals surface area contributed by atoms with Crippen molar-refractivity contribution in [3.05, 3.63) is 45.7 Å². The zero-order valence-electron chi connectivity index (χ0n) is 14.2. The summed E-state index contributed by atoms with van der Waals surface area (Å²) in [6, 6.07) is 8.16. The Labute approximate surface area is 153 Å². The highest BCUT2D eigenvalue weighted by atomic mass is 35.5. The number of rotatable bonds is 6. The number of hydrogen-bond donors (Lipinski definition) is 0. The topological polar surface area (TPSA) is 25.8 Å². The highest BCUT2D eigenvalue weighted by molar-refractivity contribution is 6.49. The van der Waals surface area contributed by atoms with Crippen molar-refractivity contribution in [1.82, 2.24) is 9.97 Å². The van der Waals surface area contributed by atoms with Gasteiger partial charge in [0.1, 0.15) is 0 Å². The molecule has 0 aliphatic heterocycles. The number of pyridine rings is 2. The van der Waals surface area contributed by atoms with Gasteiger partial charge in [0.25, 0.3) is 0 Å². The number of halogens is 2. The second-order valence-electron chi connectivity index (χ2n) is 6.23. The monoisotopic (exact) mass is 360 g/mol. The van der Waals surface area contributed by atoms with Crippen molar-refractivity contribution in [3.63, 3.8) is 0 Å². The lowest BCUT2D eigenvalue weighted by molar-refractivity contribution is 0.778. The molecule has 0 atom stereocenters. The van der Waals surface area contributed by atoms with E-state index in [1.54, 1.807) is 0 Å². The van der Waals surface area contributed by atoms with E-state index in [9.17, 15) is 0 Å². The van der Waals surface area contributed by atoms with Crippen LogP contribution in [0.5, 0.6) is 0 Å². The molecule has 0 bridgehead atoms. The Bertz CT molecular complexity index is 802. The number of nitrogens with zero attached hydrogens (tertiary/aromatic N) is 2. The normalized spacial score (nSPS) is 11.5. The first-order valence-electron chi connectivity index (χ1n) is 8.72. The third-order valence-electron chi connectivity index (χ3n) is 4.37. The summed E-state index contributed by atoms with van der Waals surface area (Å²) in [6.07, 6.45) is 6.52. The van der Waals surface area contributed by atoms with E-state index < -0.39 is 0 Å². The van der Waals surface area contributed by atoms with Gasteiger partial charge >= 0.3 is 0 Å². The molecule has 1 aromatic carbocycles. The number of aryl methyl sites for hydroxylation is 2. The first-order valence-corrected chi connectivity index (χ1v) is 9.47. The molecular formula is C20H22Cl2N2. The predicted molar refractivity (Wildman–Crippen MR) is 104 cm³/mol. The van der Waals surface area contributed by atoms with Crippen LogP contribution in [0, 0.1) is 0 Å². The van der Waals surface area contributed by atoms with Crippen LogP contribution in [0.4, 0.5) is 0 Å². The smallest absolute Gasteiger partial charge is 0.0984 e. The van der Waals surface area contributed by atoms with Crippen LogP contribution in [0.3, 0.4) is 0 Å². The molecule has 0 spiro atoms. The lowest BCUT2D eigenvalue weighted by Crippen LogP contribution is -1.96. The molecule has 0 fully saturated rings. The zero-order chi connectivity index (χ0) is 17.1. The first-order chi connectivity index (χ1) is 11.7. The number of benzene rings is 1. The van der Waals surface area contributed by atoms with Crippen LogP contribution < -0.4 is 0 Å². The molecular weight excluding hydrogens is 339 g/mol. The molecule has 3 rings (SSSR count). The molecule has 0 radical (unpaired) electrons. The standard InChI is InChI=1S/C20H22Cl2N2/c1-3-5-7-13-9-11-15-17(21)18(22)16-12-10-14(8-6-4-2)24-20(16)19(15)23-13/h9-12H,3-8H2,1-2H3. The molecule has 24 heavy (non-hydrogen) atoms. The third kappa shape index (κ3) is 3.36. The Morgan fingerprint density at radius 1 is 0.708 bits per heavy atom.